The summed E-state index contributed by atoms with van der Waals surface area (Å²) in [5, 5.41) is 8.19. The fraction of sp³-hybridized carbons (Fsp3) is 0.105. The van der Waals surface area contributed by atoms with Gasteiger partial charge in [-0.05, 0) is 39.5 Å². The molecule has 3 rings (SSSR count). The third-order valence-electron chi connectivity index (χ3n) is 3.68. The van der Waals surface area contributed by atoms with Crippen LogP contribution in [0, 0.1) is 0 Å². The lowest BCUT2D eigenvalue weighted by atomic mass is 10.1. The number of halogens is 1. The number of hydrogen-bond donors (Lipinski definition) is 2. The van der Waals surface area contributed by atoms with E-state index < -0.39 is 0 Å². The average molecular weight is 385 g/mol. The molecular formula is C19H17BrN2O2. The van der Waals surface area contributed by atoms with E-state index in [4.69, 9.17) is 4.74 Å². The van der Waals surface area contributed by atoms with Gasteiger partial charge in [-0.3, -0.25) is 4.79 Å². The largest absolute Gasteiger partial charge is 0.497 e. The number of benzene rings is 3. The topological polar surface area (TPSA) is 50.4 Å². The van der Waals surface area contributed by atoms with E-state index in [1.165, 1.54) is 0 Å². The highest BCUT2D eigenvalue weighted by atomic mass is 79.9. The van der Waals surface area contributed by atoms with Crippen LogP contribution in [0.1, 0.15) is 0 Å². The predicted molar refractivity (Wildman–Crippen MR) is 102 cm³/mol. The number of carbonyl (C=O) groups is 1. The molecule has 4 nitrogen and oxygen atoms in total. The molecule has 0 spiro atoms. The maximum absolute atomic E-state index is 12.3. The number of carbonyl (C=O) groups excluding carboxylic acids is 1. The van der Waals surface area contributed by atoms with Gasteiger partial charge in [0.05, 0.1) is 19.3 Å². The summed E-state index contributed by atoms with van der Waals surface area (Å²) in [5.41, 5.74) is 1.62. The first-order valence-electron chi connectivity index (χ1n) is 7.52. The molecule has 3 aromatic carbocycles. The van der Waals surface area contributed by atoms with Crippen molar-refractivity contribution in [3.63, 3.8) is 0 Å². The highest BCUT2D eigenvalue weighted by molar-refractivity contribution is 9.10. The third kappa shape index (κ3) is 3.68. The van der Waals surface area contributed by atoms with Crippen molar-refractivity contribution in [2.45, 2.75) is 0 Å². The van der Waals surface area contributed by atoms with E-state index in [0.717, 1.165) is 32.4 Å². The van der Waals surface area contributed by atoms with Gasteiger partial charge in [0.2, 0.25) is 5.91 Å². The van der Waals surface area contributed by atoms with Gasteiger partial charge in [-0.1, -0.05) is 36.4 Å². The summed E-state index contributed by atoms with van der Waals surface area (Å²) in [6.45, 7) is 0.162. The van der Waals surface area contributed by atoms with Crippen LogP contribution in [-0.4, -0.2) is 19.6 Å². The van der Waals surface area contributed by atoms with Gasteiger partial charge in [-0.2, -0.15) is 0 Å². The van der Waals surface area contributed by atoms with E-state index in [1.54, 1.807) is 7.11 Å². The summed E-state index contributed by atoms with van der Waals surface area (Å²) in [7, 11) is 1.61. The van der Waals surface area contributed by atoms with Gasteiger partial charge in [0.25, 0.3) is 0 Å². The number of rotatable bonds is 5. The van der Waals surface area contributed by atoms with Gasteiger partial charge in [0, 0.05) is 21.6 Å². The first-order valence-corrected chi connectivity index (χ1v) is 8.31. The van der Waals surface area contributed by atoms with Gasteiger partial charge < -0.3 is 15.4 Å². The molecule has 0 saturated carbocycles. The molecule has 0 heterocycles. The Balaban J connectivity index is 1.70. The maximum atomic E-state index is 12.3. The van der Waals surface area contributed by atoms with Gasteiger partial charge >= 0.3 is 0 Å². The van der Waals surface area contributed by atoms with Crippen molar-refractivity contribution in [1.29, 1.82) is 0 Å². The molecule has 0 bridgehead atoms. The summed E-state index contributed by atoms with van der Waals surface area (Å²) in [5.74, 6) is 0.622. The first kappa shape index (κ1) is 16.3. The molecule has 0 aliphatic carbocycles. The molecule has 0 aliphatic heterocycles. The monoisotopic (exact) mass is 384 g/mol. The predicted octanol–water partition coefficient (Wildman–Crippen LogP) is 4.66. The zero-order chi connectivity index (χ0) is 16.9. The van der Waals surface area contributed by atoms with Gasteiger partial charge in [0.15, 0.2) is 0 Å². The molecule has 0 saturated heterocycles. The molecular weight excluding hydrogens is 368 g/mol. The highest BCUT2D eigenvalue weighted by Gasteiger charge is 2.07. The number of hydrogen-bond acceptors (Lipinski definition) is 3. The van der Waals surface area contributed by atoms with E-state index >= 15 is 0 Å². The van der Waals surface area contributed by atoms with Gasteiger partial charge in [-0.15, -0.1) is 0 Å². The normalized spacial score (nSPS) is 10.4. The Kier molecular flexibility index (Phi) is 5.01. The Morgan fingerprint density at radius 3 is 2.67 bits per heavy atom. The van der Waals surface area contributed by atoms with Crippen molar-refractivity contribution in [1.82, 2.24) is 0 Å². The van der Waals surface area contributed by atoms with E-state index in [1.807, 2.05) is 60.7 Å². The van der Waals surface area contributed by atoms with Gasteiger partial charge in [-0.25, -0.2) is 0 Å². The summed E-state index contributed by atoms with van der Waals surface area (Å²) in [6.07, 6.45) is 0. The SMILES string of the molecule is COc1ccc(Br)c(NCC(=O)Nc2cccc3ccccc23)c1. The fourth-order valence-corrected chi connectivity index (χ4v) is 2.86. The second kappa shape index (κ2) is 7.36. The molecule has 122 valence electrons. The second-order valence-corrected chi connectivity index (χ2v) is 6.13. The molecule has 0 atom stereocenters. The highest BCUT2D eigenvalue weighted by Crippen LogP contribution is 2.27. The number of nitrogens with one attached hydrogen (secondary N) is 2. The fourth-order valence-electron chi connectivity index (χ4n) is 2.47. The number of ether oxygens (including phenoxy) is 1. The minimum atomic E-state index is -0.110. The molecule has 0 aromatic heterocycles. The Morgan fingerprint density at radius 2 is 1.83 bits per heavy atom. The summed E-state index contributed by atoms with van der Waals surface area (Å²) in [6, 6.07) is 19.4. The number of amides is 1. The van der Waals surface area contributed by atoms with Crippen LogP contribution >= 0.6 is 15.9 Å². The maximum Gasteiger partial charge on any atom is 0.243 e. The van der Waals surface area contributed by atoms with Crippen molar-refractivity contribution in [2.75, 3.05) is 24.3 Å². The molecule has 0 radical (unpaired) electrons. The van der Waals surface area contributed by atoms with Crippen molar-refractivity contribution in [3.8, 4) is 5.75 Å². The molecule has 1 amide bonds. The molecule has 3 aromatic rings. The number of anilines is 2. The smallest absolute Gasteiger partial charge is 0.243 e. The molecule has 0 unspecified atom stereocenters. The Labute approximate surface area is 149 Å². The summed E-state index contributed by atoms with van der Waals surface area (Å²) >= 11 is 3.46. The zero-order valence-corrected chi connectivity index (χ0v) is 14.8. The van der Waals surface area contributed by atoms with E-state index in [-0.39, 0.29) is 12.5 Å². The lowest BCUT2D eigenvalue weighted by molar-refractivity contribution is -0.114. The molecule has 0 fully saturated rings. The van der Waals surface area contributed by atoms with Crippen LogP contribution in [0.4, 0.5) is 11.4 Å². The minimum absolute atomic E-state index is 0.110. The lowest BCUT2D eigenvalue weighted by Gasteiger charge is -2.12. The van der Waals surface area contributed by atoms with Crippen LogP contribution in [0.15, 0.2) is 65.1 Å². The number of methoxy groups -OCH3 is 1. The summed E-state index contributed by atoms with van der Waals surface area (Å²) < 4.78 is 6.08. The van der Waals surface area contributed by atoms with Gasteiger partial charge in [0.1, 0.15) is 5.75 Å². The van der Waals surface area contributed by atoms with Crippen LogP contribution in [0.5, 0.6) is 5.75 Å². The van der Waals surface area contributed by atoms with Crippen molar-refractivity contribution >= 4 is 44.0 Å². The van der Waals surface area contributed by atoms with Crippen LogP contribution < -0.4 is 15.4 Å². The van der Waals surface area contributed by atoms with E-state index in [9.17, 15) is 4.79 Å². The molecule has 2 N–H and O–H groups in total. The second-order valence-electron chi connectivity index (χ2n) is 5.27. The Bertz CT molecular complexity index is 875. The van der Waals surface area contributed by atoms with Crippen molar-refractivity contribution in [2.24, 2.45) is 0 Å². The van der Waals surface area contributed by atoms with E-state index in [0.29, 0.717) is 0 Å². The average Bonchev–Trinajstić information content (AvgIpc) is 2.61. The van der Waals surface area contributed by atoms with Crippen LogP contribution in [-0.2, 0) is 4.79 Å². The van der Waals surface area contributed by atoms with E-state index in [2.05, 4.69) is 26.6 Å². The molecule has 5 heteroatoms. The lowest BCUT2D eigenvalue weighted by Crippen LogP contribution is -2.22. The first-order chi connectivity index (χ1) is 11.7. The molecule has 24 heavy (non-hydrogen) atoms. The van der Waals surface area contributed by atoms with Crippen molar-refractivity contribution < 1.29 is 9.53 Å². The summed E-state index contributed by atoms with van der Waals surface area (Å²) in [4.78, 5) is 12.3. The minimum Gasteiger partial charge on any atom is -0.497 e. The number of fused-ring (bicyclic) bond motifs is 1. The zero-order valence-electron chi connectivity index (χ0n) is 13.2. The van der Waals surface area contributed by atoms with Crippen molar-refractivity contribution in [3.05, 3.63) is 65.1 Å². The van der Waals surface area contributed by atoms with Crippen LogP contribution in [0.3, 0.4) is 0 Å². The Hall–Kier alpha value is -2.53. The van der Waals surface area contributed by atoms with Crippen LogP contribution in [0.25, 0.3) is 10.8 Å². The molecule has 0 aliphatic rings. The quantitative estimate of drug-likeness (QED) is 0.672. The third-order valence-corrected chi connectivity index (χ3v) is 4.37. The standard InChI is InChI=1S/C19H17BrN2O2/c1-24-14-9-10-16(20)18(11-14)21-12-19(23)22-17-8-4-6-13-5-2-3-7-15(13)17/h2-11,21H,12H2,1H3,(H,22,23). The Morgan fingerprint density at radius 1 is 1.04 bits per heavy atom. The van der Waals surface area contributed by atoms with Crippen LogP contribution in [0.2, 0.25) is 0 Å².